The van der Waals surface area contributed by atoms with Crippen molar-refractivity contribution in [1.82, 2.24) is 4.57 Å². The van der Waals surface area contributed by atoms with Gasteiger partial charge >= 0.3 is 0 Å². The summed E-state index contributed by atoms with van der Waals surface area (Å²) in [5.41, 5.74) is 26.9. The summed E-state index contributed by atoms with van der Waals surface area (Å²) in [7, 11) is -7.39. The van der Waals surface area contributed by atoms with Gasteiger partial charge in [-0.15, -0.1) is 0 Å². The lowest BCUT2D eigenvalue weighted by molar-refractivity contribution is 0.488. The van der Waals surface area contributed by atoms with Crippen molar-refractivity contribution in [3.8, 4) is 95.1 Å². The summed E-state index contributed by atoms with van der Waals surface area (Å²) in [6, 6.07) is 180. The van der Waals surface area contributed by atoms with E-state index in [0.29, 0.717) is 0 Å². The number of benzene rings is 19. The normalized spacial score (nSPS) is 12.7. The number of hydrogen-bond donors (Lipinski definition) is 0. The molecule has 1 unspecified atom stereocenters. The molecule has 0 bridgehead atoms. The number of ether oxygens (including phenoxy) is 1. The van der Waals surface area contributed by atoms with E-state index in [2.05, 4.69) is 503 Å². The van der Waals surface area contributed by atoms with Crippen molar-refractivity contribution in [3.63, 3.8) is 0 Å². The van der Waals surface area contributed by atoms with Crippen LogP contribution >= 0.6 is 0 Å². The second kappa shape index (κ2) is 31.3. The summed E-state index contributed by atoms with van der Waals surface area (Å²) in [5, 5.41) is 12.6. The number of fused-ring (bicyclic) bond motifs is 7. The van der Waals surface area contributed by atoms with E-state index in [1.54, 1.807) is 0 Å². The van der Waals surface area contributed by atoms with Gasteiger partial charge < -0.3 is 14.2 Å². The second-order valence-electron chi connectivity index (χ2n) is 34.2. The zero-order chi connectivity index (χ0) is 82.9. The Morgan fingerprint density at radius 3 is 1.06 bits per heavy atom. The van der Waals surface area contributed by atoms with E-state index in [4.69, 9.17) is 4.74 Å². The molecule has 124 heavy (non-hydrogen) atoms. The molecule has 1 atom stereocenters. The fourth-order valence-corrected chi connectivity index (χ4v) is 30.0. The number of anilines is 3. The molecule has 1 aromatic heterocycles. The lowest BCUT2D eigenvalue weighted by Gasteiger charge is -2.41. The Kier molecular flexibility index (Phi) is 19.0. The van der Waals surface area contributed by atoms with Gasteiger partial charge in [0.2, 0.25) is 0 Å². The molecular formula is C118H87BN2OSi2. The zero-order valence-corrected chi connectivity index (χ0v) is 71.4. The van der Waals surface area contributed by atoms with Gasteiger partial charge in [-0.25, -0.2) is 0 Å². The lowest BCUT2D eigenvalue weighted by atomic mass is 9.34. The first kappa shape index (κ1) is 75.3. The van der Waals surface area contributed by atoms with Gasteiger partial charge in [-0.3, -0.25) is 0 Å². The molecule has 3 nitrogen and oxygen atoms in total. The van der Waals surface area contributed by atoms with Crippen LogP contribution in [0.5, 0.6) is 11.5 Å². The molecule has 0 saturated heterocycles. The van der Waals surface area contributed by atoms with Crippen molar-refractivity contribution in [2.45, 2.75) is 26.2 Å². The van der Waals surface area contributed by atoms with Crippen LogP contribution in [-0.2, 0) is 5.41 Å². The first-order valence-corrected chi connectivity index (χ1v) is 47.2. The fraction of sp³-hybridized carbons (Fsp3) is 0.0339. The van der Waals surface area contributed by atoms with Crippen LogP contribution in [0, 0.1) is 0 Å². The van der Waals surface area contributed by atoms with Crippen LogP contribution in [0.15, 0.2) is 473 Å². The molecule has 22 rings (SSSR count). The Morgan fingerprint density at radius 2 is 0.589 bits per heavy atom. The maximum absolute atomic E-state index is 7.94. The highest BCUT2D eigenvalue weighted by Crippen LogP contribution is 2.47. The first-order valence-electron chi connectivity index (χ1n) is 43.2. The first-order chi connectivity index (χ1) is 61.1. The predicted octanol–water partition coefficient (Wildman–Crippen LogP) is 22.9. The van der Waals surface area contributed by atoms with Gasteiger partial charge in [-0.1, -0.05) is 427 Å². The van der Waals surface area contributed by atoms with Crippen molar-refractivity contribution >= 4 is 120 Å². The molecule has 19 aromatic carbocycles. The summed E-state index contributed by atoms with van der Waals surface area (Å²) in [5.74, 6) is 1.64. The molecule has 3 heterocycles. The Morgan fingerprint density at radius 1 is 0.226 bits per heavy atom. The largest absolute Gasteiger partial charge is 0.458 e. The predicted molar refractivity (Wildman–Crippen MR) is 531 cm³/mol. The Balaban J connectivity index is 0.909. The molecule has 0 amide bonds. The minimum absolute atomic E-state index is 0.120. The summed E-state index contributed by atoms with van der Waals surface area (Å²) >= 11 is 0. The number of hydrogen-bond acceptors (Lipinski definition) is 2. The van der Waals surface area contributed by atoms with Crippen LogP contribution in [0.25, 0.3) is 105 Å². The highest BCUT2D eigenvalue weighted by Gasteiger charge is 2.48. The molecule has 20 aromatic rings. The van der Waals surface area contributed by atoms with Crippen LogP contribution in [0.1, 0.15) is 26.3 Å². The van der Waals surface area contributed by atoms with Crippen LogP contribution < -0.4 is 67.5 Å². The Labute approximate surface area is 728 Å². The summed E-state index contributed by atoms with van der Waals surface area (Å²) in [6.45, 7) is 6.72. The third-order valence-electron chi connectivity index (χ3n) is 26.0. The topological polar surface area (TPSA) is 17.4 Å². The maximum atomic E-state index is 7.94. The number of aromatic nitrogens is 1. The van der Waals surface area contributed by atoms with Crippen molar-refractivity contribution in [2.75, 3.05) is 4.90 Å². The number of nitrogens with zero attached hydrogens (tertiary/aromatic N) is 2. The standard InChI is InChI=1S/C118H87BN2OSi2/c1-118(2,3)96-61-64-102(65-62-96)123(99-49-25-10-26-50-99,103-55-35-48-88(72-103)82-36-13-4-14-37-82)105-75-94(76-106(81-105)124(100-51-27-11-28-52-100,101-53-29-12-30-54-101)104-73-92(86-44-21-8-22-45-86)69-93(74-104)87-46-23-9-24-47-87)95-78-114-117-116(79-95)122-115-67-60-89(83-38-15-5-16-39-83)77-110(115)119(117)109-66-63-97(120-111-58-33-31-56-107(111)108-57-32-34-59-112(108)120)80-113(109)121(114)98-70-90(84-40-17-6-18-41-84)68-91(71-98)85-42-19-7-20-43-85/h4-81H,1-3H3. The highest BCUT2D eigenvalue weighted by atomic mass is 28.3. The van der Waals surface area contributed by atoms with E-state index in [1.165, 1.54) is 74.4 Å². The third kappa shape index (κ3) is 13.1. The number of para-hydroxylation sites is 2. The van der Waals surface area contributed by atoms with Crippen LogP contribution in [0.3, 0.4) is 0 Å². The van der Waals surface area contributed by atoms with Gasteiger partial charge in [0.15, 0.2) is 16.1 Å². The molecule has 6 heteroatoms. The lowest BCUT2D eigenvalue weighted by Crippen LogP contribution is -2.78. The van der Waals surface area contributed by atoms with Crippen molar-refractivity contribution in [2.24, 2.45) is 0 Å². The summed E-state index contributed by atoms with van der Waals surface area (Å²) in [6.07, 6.45) is 0. The summed E-state index contributed by atoms with van der Waals surface area (Å²) < 4.78 is 10.4. The number of rotatable bonds is 17. The Hall–Kier alpha value is -14.9. The highest BCUT2D eigenvalue weighted by molar-refractivity contribution is 7.22. The molecule has 0 saturated carbocycles. The average Bonchev–Trinajstić information content (AvgIpc) is 0.805. The van der Waals surface area contributed by atoms with Crippen LogP contribution in [0.4, 0.5) is 17.1 Å². The SMILES string of the molecule is CC(C)(C)c1ccc([Si](c2ccccc2)(c2cccc(-c3ccccc3)c2)c2cc(-c3cc4c5c(c3)N(c3cc(-c6ccccc6)cc(-c6ccccc6)c3)c3cc(-n6c7ccccc7c7ccccc76)ccc3B5c3cc(-c5ccccc5)ccc3O4)cc([Si](c3ccccc3)(c3ccccc3)c3cc(-c4ccccc4)cc(-c4ccccc4)c3)c2)cc1. The Bertz CT molecular complexity index is 7180. The van der Waals surface area contributed by atoms with Crippen molar-refractivity contribution in [3.05, 3.63) is 479 Å². The van der Waals surface area contributed by atoms with Gasteiger partial charge in [-0.05, 0) is 213 Å². The van der Waals surface area contributed by atoms with Gasteiger partial charge in [0.1, 0.15) is 11.5 Å². The minimum atomic E-state index is -3.72. The van der Waals surface area contributed by atoms with E-state index in [1.807, 2.05) is 0 Å². The van der Waals surface area contributed by atoms with Crippen molar-refractivity contribution in [1.29, 1.82) is 0 Å². The van der Waals surface area contributed by atoms with E-state index >= 15 is 0 Å². The third-order valence-corrected chi connectivity index (χ3v) is 35.5. The van der Waals surface area contributed by atoms with Gasteiger partial charge in [0.25, 0.3) is 6.71 Å². The zero-order valence-electron chi connectivity index (χ0n) is 69.4. The van der Waals surface area contributed by atoms with E-state index in [9.17, 15) is 0 Å². The van der Waals surface area contributed by atoms with Crippen LogP contribution in [-0.4, -0.2) is 27.4 Å². The fourth-order valence-electron chi connectivity index (χ4n) is 20.2. The molecular weight excluding hydrogens is 1530 g/mol. The molecule has 0 radical (unpaired) electrons. The van der Waals surface area contributed by atoms with Crippen molar-refractivity contribution < 1.29 is 4.74 Å². The quantitative estimate of drug-likeness (QED) is 0.0668. The average molecular weight is 1620 g/mol. The molecule has 0 aliphatic carbocycles. The molecule has 0 N–H and O–H groups in total. The minimum Gasteiger partial charge on any atom is -0.458 e. The van der Waals surface area contributed by atoms with E-state index in [0.717, 1.165) is 123 Å². The monoisotopic (exact) mass is 1610 g/mol. The van der Waals surface area contributed by atoms with Gasteiger partial charge in [0.05, 0.1) is 11.0 Å². The molecule has 2 aliphatic rings. The van der Waals surface area contributed by atoms with E-state index in [-0.39, 0.29) is 12.1 Å². The molecule has 586 valence electrons. The van der Waals surface area contributed by atoms with Gasteiger partial charge in [-0.2, -0.15) is 0 Å². The summed E-state index contributed by atoms with van der Waals surface area (Å²) in [4.78, 5) is 2.62. The van der Waals surface area contributed by atoms with Crippen LogP contribution in [0.2, 0.25) is 0 Å². The molecule has 0 fully saturated rings. The molecule has 2 aliphatic heterocycles. The van der Waals surface area contributed by atoms with Gasteiger partial charge in [0, 0.05) is 33.5 Å². The van der Waals surface area contributed by atoms with E-state index < -0.39 is 16.1 Å². The maximum Gasteiger partial charge on any atom is 0.256 e. The molecule has 0 spiro atoms. The second-order valence-corrected chi connectivity index (χ2v) is 41.8. The smallest absolute Gasteiger partial charge is 0.256 e.